The number of pyridine rings is 1. The van der Waals surface area contributed by atoms with Crippen molar-refractivity contribution in [2.45, 2.75) is 12.5 Å². The van der Waals surface area contributed by atoms with Crippen LogP contribution in [0.15, 0.2) is 36.7 Å². The topological polar surface area (TPSA) is 22.1 Å². The fourth-order valence-electron chi connectivity index (χ4n) is 1.67. The predicted octanol–water partition coefficient (Wildman–Crippen LogP) is 5.35. The average molecular weight is 340 g/mol. The van der Waals surface area contributed by atoms with E-state index in [1.165, 1.54) is 24.5 Å². The zero-order valence-corrected chi connectivity index (χ0v) is 11.7. The molecule has 1 aromatic heterocycles. The molecule has 0 aliphatic carbocycles. The molecule has 112 valence electrons. The van der Waals surface area contributed by atoms with Crippen LogP contribution in [0.3, 0.4) is 0 Å². The quantitative estimate of drug-likeness (QED) is 0.703. The van der Waals surface area contributed by atoms with Gasteiger partial charge in [0.05, 0.1) is 10.0 Å². The Hall–Kier alpha value is -1.53. The van der Waals surface area contributed by atoms with Gasteiger partial charge in [-0.3, -0.25) is 4.98 Å². The lowest BCUT2D eigenvalue weighted by Gasteiger charge is -2.13. The van der Waals surface area contributed by atoms with E-state index in [1.54, 1.807) is 0 Å². The molecule has 0 aliphatic rings. The van der Waals surface area contributed by atoms with E-state index in [2.05, 4.69) is 9.72 Å². The Balaban J connectivity index is 2.26. The number of ether oxygens (including phenoxy) is 1. The number of nitrogens with zero attached hydrogens (tertiary/aromatic N) is 1. The highest BCUT2D eigenvalue weighted by Gasteiger charge is 2.31. The summed E-state index contributed by atoms with van der Waals surface area (Å²) in [4.78, 5) is 3.70. The lowest BCUT2D eigenvalue weighted by Crippen LogP contribution is -2.17. The number of benzene rings is 1. The van der Waals surface area contributed by atoms with Crippen molar-refractivity contribution in [3.8, 4) is 5.75 Å². The zero-order chi connectivity index (χ0) is 15.6. The maximum absolute atomic E-state index is 14.4. The highest BCUT2D eigenvalue weighted by molar-refractivity contribution is 6.35. The van der Waals surface area contributed by atoms with Gasteiger partial charge >= 0.3 is 6.36 Å². The van der Waals surface area contributed by atoms with E-state index >= 15 is 0 Å². The average Bonchev–Trinajstić information content (AvgIpc) is 2.37. The fraction of sp³-hybridized carbons (Fsp3) is 0.154. The van der Waals surface area contributed by atoms with Gasteiger partial charge in [-0.25, -0.2) is 4.39 Å². The lowest BCUT2D eigenvalue weighted by molar-refractivity contribution is -0.274. The van der Waals surface area contributed by atoms with Gasteiger partial charge in [0, 0.05) is 18.0 Å². The maximum Gasteiger partial charge on any atom is 0.573 e. The van der Waals surface area contributed by atoms with E-state index in [9.17, 15) is 17.6 Å². The largest absolute Gasteiger partial charge is 0.573 e. The van der Waals surface area contributed by atoms with Gasteiger partial charge in [0.1, 0.15) is 5.75 Å². The van der Waals surface area contributed by atoms with Crippen molar-refractivity contribution in [2.75, 3.05) is 0 Å². The molecule has 0 aliphatic heterocycles. The molecule has 0 amide bonds. The minimum absolute atomic E-state index is 0.0119. The van der Waals surface area contributed by atoms with Gasteiger partial charge in [-0.15, -0.1) is 13.2 Å². The second-order valence-corrected chi connectivity index (χ2v) is 4.81. The number of rotatable bonds is 3. The summed E-state index contributed by atoms with van der Waals surface area (Å²) in [5.41, 5.74) is 0.109. The van der Waals surface area contributed by atoms with Gasteiger partial charge in [-0.05, 0) is 17.7 Å². The highest BCUT2D eigenvalue weighted by atomic mass is 35.5. The standard InChI is InChI=1S/C13H7Cl2F4NO/c14-9-5-20-6-10(15)11(9)12(16)7-1-3-8(4-2-7)21-13(17,18)19/h1-6,12H. The minimum Gasteiger partial charge on any atom is -0.406 e. The molecule has 0 radical (unpaired) electrons. The van der Waals surface area contributed by atoms with Gasteiger partial charge in [-0.1, -0.05) is 35.3 Å². The van der Waals surface area contributed by atoms with E-state index in [0.29, 0.717) is 0 Å². The molecule has 8 heteroatoms. The smallest absolute Gasteiger partial charge is 0.406 e. The van der Waals surface area contributed by atoms with Crippen molar-refractivity contribution in [3.63, 3.8) is 0 Å². The number of alkyl halides is 4. The summed E-state index contributed by atoms with van der Waals surface area (Å²) in [6, 6.07) is 4.36. The molecule has 1 aromatic carbocycles. The van der Waals surface area contributed by atoms with Crippen molar-refractivity contribution >= 4 is 23.2 Å². The first kappa shape index (κ1) is 15.9. The van der Waals surface area contributed by atoms with Crippen molar-refractivity contribution in [3.05, 3.63) is 57.8 Å². The molecule has 2 nitrogen and oxygen atoms in total. The van der Waals surface area contributed by atoms with Crippen LogP contribution < -0.4 is 4.74 Å². The minimum atomic E-state index is -4.80. The molecule has 1 atom stereocenters. The molecule has 2 rings (SSSR count). The van der Waals surface area contributed by atoms with Crippen molar-refractivity contribution < 1.29 is 22.3 Å². The van der Waals surface area contributed by atoms with Crippen LogP contribution in [0.1, 0.15) is 17.3 Å². The predicted molar refractivity (Wildman–Crippen MR) is 70.3 cm³/mol. The monoisotopic (exact) mass is 339 g/mol. The summed E-state index contributed by atoms with van der Waals surface area (Å²) < 4.78 is 54.2. The van der Waals surface area contributed by atoms with Crippen LogP contribution in [0, 0.1) is 0 Å². The van der Waals surface area contributed by atoms with Crippen molar-refractivity contribution in [2.24, 2.45) is 0 Å². The number of hydrogen-bond acceptors (Lipinski definition) is 2. The Morgan fingerprint density at radius 1 is 1.00 bits per heavy atom. The second-order valence-electron chi connectivity index (χ2n) is 4.00. The Morgan fingerprint density at radius 2 is 1.52 bits per heavy atom. The van der Waals surface area contributed by atoms with E-state index in [1.807, 2.05) is 0 Å². The van der Waals surface area contributed by atoms with Crippen LogP contribution in [0.25, 0.3) is 0 Å². The zero-order valence-electron chi connectivity index (χ0n) is 10.2. The first-order valence-corrected chi connectivity index (χ1v) is 6.32. The number of hydrogen-bond donors (Lipinski definition) is 0. The third-order valence-corrected chi connectivity index (χ3v) is 3.15. The Bertz CT molecular complexity index is 611. The molecule has 21 heavy (non-hydrogen) atoms. The molecular weight excluding hydrogens is 333 g/mol. The first-order chi connectivity index (χ1) is 9.78. The van der Waals surface area contributed by atoms with Crippen LogP contribution in [0.5, 0.6) is 5.75 Å². The molecule has 0 N–H and O–H groups in total. The first-order valence-electron chi connectivity index (χ1n) is 5.56. The molecular formula is C13H7Cl2F4NO. The lowest BCUT2D eigenvalue weighted by atomic mass is 10.0. The van der Waals surface area contributed by atoms with Crippen LogP contribution in [-0.2, 0) is 0 Å². The van der Waals surface area contributed by atoms with Crippen LogP contribution >= 0.6 is 23.2 Å². The third kappa shape index (κ3) is 3.98. The Kier molecular flexibility index (Phi) is 4.58. The van der Waals surface area contributed by atoms with Gasteiger partial charge in [-0.2, -0.15) is 0 Å². The van der Waals surface area contributed by atoms with Gasteiger partial charge in [0.25, 0.3) is 0 Å². The van der Waals surface area contributed by atoms with E-state index in [0.717, 1.165) is 12.1 Å². The van der Waals surface area contributed by atoms with E-state index in [4.69, 9.17) is 23.2 Å². The molecule has 2 aromatic rings. The van der Waals surface area contributed by atoms with Crippen molar-refractivity contribution in [1.29, 1.82) is 0 Å². The second kappa shape index (κ2) is 6.07. The van der Waals surface area contributed by atoms with Gasteiger partial charge in [0.15, 0.2) is 6.17 Å². The van der Waals surface area contributed by atoms with Crippen LogP contribution in [-0.4, -0.2) is 11.3 Å². The maximum atomic E-state index is 14.4. The molecule has 0 saturated heterocycles. The Morgan fingerprint density at radius 3 is 2.00 bits per heavy atom. The molecule has 0 spiro atoms. The molecule has 1 unspecified atom stereocenters. The molecule has 0 fully saturated rings. The SMILES string of the molecule is FC(c1ccc(OC(F)(F)F)cc1)c1c(Cl)cncc1Cl. The van der Waals surface area contributed by atoms with Gasteiger partial charge in [0.2, 0.25) is 0 Å². The summed E-state index contributed by atoms with van der Waals surface area (Å²) >= 11 is 11.7. The van der Waals surface area contributed by atoms with Crippen molar-refractivity contribution in [1.82, 2.24) is 4.98 Å². The fourth-order valence-corrected chi connectivity index (χ4v) is 2.22. The summed E-state index contributed by atoms with van der Waals surface area (Å²) in [5.74, 6) is -0.439. The number of halogens is 6. The number of aromatic nitrogens is 1. The Labute approximate surface area is 127 Å². The van der Waals surface area contributed by atoms with Gasteiger partial charge < -0.3 is 4.74 Å². The summed E-state index contributed by atoms with van der Waals surface area (Å²) in [7, 11) is 0. The van der Waals surface area contributed by atoms with Crippen LogP contribution in [0.2, 0.25) is 10.0 Å². The molecule has 0 saturated carbocycles. The van der Waals surface area contributed by atoms with E-state index in [-0.39, 0.29) is 21.2 Å². The molecule has 0 bridgehead atoms. The van der Waals surface area contributed by atoms with Crippen LogP contribution in [0.4, 0.5) is 17.6 Å². The normalized spacial score (nSPS) is 13.0. The summed E-state index contributed by atoms with van der Waals surface area (Å²) in [6.07, 6.45) is -4.02. The summed E-state index contributed by atoms with van der Waals surface area (Å²) in [5, 5.41) is 0.0660. The van der Waals surface area contributed by atoms with E-state index < -0.39 is 18.3 Å². The highest BCUT2D eigenvalue weighted by Crippen LogP contribution is 2.36. The summed E-state index contributed by atoms with van der Waals surface area (Å²) in [6.45, 7) is 0. The third-order valence-electron chi connectivity index (χ3n) is 2.55. The molecule has 1 heterocycles.